The second kappa shape index (κ2) is 8.73. The number of primary amides is 1. The summed E-state index contributed by atoms with van der Waals surface area (Å²) in [6.07, 6.45) is 3.36. The molecule has 0 fully saturated rings. The molecule has 2 aromatic carbocycles. The summed E-state index contributed by atoms with van der Waals surface area (Å²) in [5.74, 6) is 0.551. The zero-order chi connectivity index (χ0) is 19.2. The molecule has 0 aliphatic rings. The number of phenolic OH excluding ortho intramolecular Hbond substituents is 1. The van der Waals surface area contributed by atoms with Crippen molar-refractivity contribution < 1.29 is 9.90 Å². The van der Waals surface area contributed by atoms with Gasteiger partial charge in [0.25, 0.3) is 0 Å². The highest BCUT2D eigenvalue weighted by Gasteiger charge is 2.17. The third-order valence-electron chi connectivity index (χ3n) is 4.12. The van der Waals surface area contributed by atoms with E-state index in [9.17, 15) is 9.90 Å². The monoisotopic (exact) mass is 382 g/mol. The van der Waals surface area contributed by atoms with Gasteiger partial charge in [0, 0.05) is 11.3 Å². The number of aryl methyl sites for hydroxylation is 1. The van der Waals surface area contributed by atoms with Crippen molar-refractivity contribution in [3.05, 3.63) is 54.1 Å². The maximum atomic E-state index is 11.2. The van der Waals surface area contributed by atoms with Gasteiger partial charge in [-0.25, -0.2) is 0 Å². The molecule has 1 amide bonds. The second-order valence-corrected chi connectivity index (χ2v) is 7.16. The molecule has 0 spiro atoms. The van der Waals surface area contributed by atoms with Crippen LogP contribution in [0.5, 0.6) is 5.75 Å². The molecule has 3 rings (SSSR count). The maximum absolute atomic E-state index is 11.2. The number of aromatic nitrogens is 3. The quantitative estimate of drug-likeness (QED) is 0.581. The predicted octanol–water partition coefficient (Wildman–Crippen LogP) is 3.56. The molecule has 3 N–H and O–H groups in total. The molecule has 1 aromatic heterocycles. The first kappa shape index (κ1) is 19.0. The number of thioether (sulfide) groups is 1. The highest BCUT2D eigenvalue weighted by Crippen LogP contribution is 2.29. The summed E-state index contributed by atoms with van der Waals surface area (Å²) in [6, 6.07) is 15.1. The number of nitrogens with zero attached hydrogens (tertiary/aromatic N) is 3. The number of nitrogens with two attached hydrogens (primary N) is 1. The Morgan fingerprint density at radius 2 is 1.81 bits per heavy atom. The smallest absolute Gasteiger partial charge is 0.227 e. The number of aromatic hydroxyl groups is 1. The number of unbranched alkanes of at least 4 members (excludes halogenated alkanes) is 1. The number of hydrogen-bond acceptors (Lipinski definition) is 5. The third-order valence-corrected chi connectivity index (χ3v) is 5.07. The van der Waals surface area contributed by atoms with E-state index in [1.165, 1.54) is 17.3 Å². The van der Waals surface area contributed by atoms with Crippen LogP contribution >= 0.6 is 11.8 Å². The number of hydrogen-bond donors (Lipinski definition) is 2. The summed E-state index contributed by atoms with van der Waals surface area (Å²) in [5, 5.41) is 18.7. The fourth-order valence-corrected chi connectivity index (χ4v) is 3.41. The Balaban J connectivity index is 2.00. The SMILES string of the molecule is CCCCc1ccc(-n2c(SCC(N)=O)nnc2-c2ccc(O)cc2)cc1. The maximum Gasteiger partial charge on any atom is 0.227 e. The molecular formula is C20H22N4O2S. The molecule has 0 aliphatic heterocycles. The Labute approximate surface area is 162 Å². The molecular weight excluding hydrogens is 360 g/mol. The molecule has 6 nitrogen and oxygen atoms in total. The van der Waals surface area contributed by atoms with Gasteiger partial charge in [-0.05, 0) is 54.8 Å². The number of benzene rings is 2. The molecule has 27 heavy (non-hydrogen) atoms. The van der Waals surface area contributed by atoms with Crippen molar-refractivity contribution in [2.24, 2.45) is 5.73 Å². The molecule has 0 aliphatic carbocycles. The minimum atomic E-state index is -0.407. The Hall–Kier alpha value is -2.80. The molecule has 1 heterocycles. The average molecular weight is 382 g/mol. The van der Waals surface area contributed by atoms with Crippen LogP contribution in [0.2, 0.25) is 0 Å². The van der Waals surface area contributed by atoms with Gasteiger partial charge in [-0.2, -0.15) is 0 Å². The lowest BCUT2D eigenvalue weighted by atomic mass is 10.1. The topological polar surface area (TPSA) is 94.0 Å². The van der Waals surface area contributed by atoms with Gasteiger partial charge in [0.05, 0.1) is 5.75 Å². The fraction of sp³-hybridized carbons (Fsp3) is 0.250. The van der Waals surface area contributed by atoms with Crippen LogP contribution in [0.3, 0.4) is 0 Å². The van der Waals surface area contributed by atoms with Crippen LogP contribution in [0.4, 0.5) is 0 Å². The van der Waals surface area contributed by atoms with Crippen LogP contribution in [0.15, 0.2) is 53.7 Å². The molecule has 140 valence electrons. The molecule has 0 saturated heterocycles. The molecule has 3 aromatic rings. The van der Waals surface area contributed by atoms with Crippen LogP contribution in [0.25, 0.3) is 17.1 Å². The predicted molar refractivity (Wildman–Crippen MR) is 107 cm³/mol. The molecule has 0 radical (unpaired) electrons. The van der Waals surface area contributed by atoms with E-state index in [1.54, 1.807) is 24.3 Å². The van der Waals surface area contributed by atoms with Crippen molar-refractivity contribution in [1.82, 2.24) is 14.8 Å². The van der Waals surface area contributed by atoms with Gasteiger partial charge in [0.1, 0.15) is 5.75 Å². The van der Waals surface area contributed by atoms with E-state index >= 15 is 0 Å². The lowest BCUT2D eigenvalue weighted by Gasteiger charge is -2.11. The van der Waals surface area contributed by atoms with E-state index in [1.807, 2.05) is 16.7 Å². The van der Waals surface area contributed by atoms with Gasteiger partial charge in [0.2, 0.25) is 5.91 Å². The first-order valence-electron chi connectivity index (χ1n) is 8.83. The van der Waals surface area contributed by atoms with Crippen molar-refractivity contribution in [2.45, 2.75) is 31.3 Å². The lowest BCUT2D eigenvalue weighted by molar-refractivity contribution is -0.115. The number of carbonyl (C=O) groups is 1. The zero-order valence-corrected chi connectivity index (χ0v) is 15.9. The standard InChI is InChI=1S/C20H22N4O2S/c1-2-3-4-14-5-9-16(10-6-14)24-19(15-7-11-17(25)12-8-15)22-23-20(24)27-13-18(21)26/h5-12,25H,2-4,13H2,1H3,(H2,21,26). The Morgan fingerprint density at radius 3 is 2.44 bits per heavy atom. The van der Waals surface area contributed by atoms with E-state index in [0.29, 0.717) is 11.0 Å². The number of rotatable bonds is 8. The van der Waals surface area contributed by atoms with Gasteiger partial charge in [-0.3, -0.25) is 9.36 Å². The van der Waals surface area contributed by atoms with E-state index in [0.717, 1.165) is 30.5 Å². The van der Waals surface area contributed by atoms with Gasteiger partial charge in [-0.1, -0.05) is 37.2 Å². The van der Waals surface area contributed by atoms with Crippen molar-refractivity contribution >= 4 is 17.7 Å². The van der Waals surface area contributed by atoms with Gasteiger partial charge in [-0.15, -0.1) is 10.2 Å². The number of phenols is 1. The molecule has 0 unspecified atom stereocenters. The van der Waals surface area contributed by atoms with Crippen molar-refractivity contribution in [2.75, 3.05) is 5.75 Å². The molecule has 0 saturated carbocycles. The molecule has 0 bridgehead atoms. The molecule has 7 heteroatoms. The first-order chi connectivity index (χ1) is 13.1. The summed E-state index contributed by atoms with van der Waals surface area (Å²) in [5.41, 5.74) is 8.30. The summed E-state index contributed by atoms with van der Waals surface area (Å²) in [6.45, 7) is 2.18. The Morgan fingerprint density at radius 1 is 1.11 bits per heavy atom. The Kier molecular flexibility index (Phi) is 6.13. The second-order valence-electron chi connectivity index (χ2n) is 6.21. The summed E-state index contributed by atoms with van der Waals surface area (Å²) < 4.78 is 1.91. The summed E-state index contributed by atoms with van der Waals surface area (Å²) in [7, 11) is 0. The van der Waals surface area contributed by atoms with Crippen LogP contribution in [0.1, 0.15) is 25.3 Å². The largest absolute Gasteiger partial charge is 0.508 e. The number of amides is 1. The third kappa shape index (κ3) is 4.68. The van der Waals surface area contributed by atoms with Crippen LogP contribution < -0.4 is 5.73 Å². The molecule has 0 atom stereocenters. The van der Waals surface area contributed by atoms with Gasteiger partial charge < -0.3 is 10.8 Å². The zero-order valence-electron chi connectivity index (χ0n) is 15.1. The van der Waals surface area contributed by atoms with Crippen molar-refractivity contribution in [3.63, 3.8) is 0 Å². The first-order valence-corrected chi connectivity index (χ1v) is 9.82. The van der Waals surface area contributed by atoms with Crippen LogP contribution in [-0.2, 0) is 11.2 Å². The van der Waals surface area contributed by atoms with Crippen molar-refractivity contribution in [1.29, 1.82) is 0 Å². The summed E-state index contributed by atoms with van der Waals surface area (Å²) in [4.78, 5) is 11.2. The van der Waals surface area contributed by atoms with E-state index < -0.39 is 5.91 Å². The Bertz CT molecular complexity index is 905. The van der Waals surface area contributed by atoms with E-state index in [-0.39, 0.29) is 11.5 Å². The summed E-state index contributed by atoms with van der Waals surface area (Å²) >= 11 is 1.25. The minimum Gasteiger partial charge on any atom is -0.508 e. The van der Waals surface area contributed by atoms with Gasteiger partial charge >= 0.3 is 0 Å². The number of carbonyl (C=O) groups excluding carboxylic acids is 1. The normalized spacial score (nSPS) is 10.9. The van der Waals surface area contributed by atoms with E-state index in [4.69, 9.17) is 5.73 Å². The van der Waals surface area contributed by atoms with E-state index in [2.05, 4.69) is 29.3 Å². The van der Waals surface area contributed by atoms with Crippen LogP contribution in [0, 0.1) is 0 Å². The van der Waals surface area contributed by atoms with Crippen LogP contribution in [-0.4, -0.2) is 31.5 Å². The minimum absolute atomic E-state index is 0.127. The lowest BCUT2D eigenvalue weighted by Crippen LogP contribution is -2.13. The van der Waals surface area contributed by atoms with Gasteiger partial charge in [0.15, 0.2) is 11.0 Å². The highest BCUT2D eigenvalue weighted by molar-refractivity contribution is 7.99. The highest BCUT2D eigenvalue weighted by atomic mass is 32.2. The fourth-order valence-electron chi connectivity index (χ4n) is 2.72. The van der Waals surface area contributed by atoms with Crippen molar-refractivity contribution in [3.8, 4) is 22.8 Å². The average Bonchev–Trinajstić information content (AvgIpc) is 3.09.